The van der Waals surface area contributed by atoms with Gasteiger partial charge in [-0.2, -0.15) is 0 Å². The van der Waals surface area contributed by atoms with Gasteiger partial charge in [0.25, 0.3) is 0 Å². The molecule has 1 heteroatoms. The highest BCUT2D eigenvalue weighted by atomic mass is 14.7. The Hall–Kier alpha value is -0.330. The maximum absolute atomic E-state index is 4.27. The largest absolute Gasteiger partial charge is 0.297 e. The van der Waals surface area contributed by atoms with Crippen LogP contribution in [0.2, 0.25) is 0 Å². The standard InChI is InChI=1S/C12H25N/c1-6-11(13-5)9-8-10-12(3,4)7-2/h6-10H2,1-5H3. The van der Waals surface area contributed by atoms with Gasteiger partial charge in [-0.3, -0.25) is 4.99 Å². The first-order chi connectivity index (χ1) is 6.05. The number of hydrogen-bond donors (Lipinski definition) is 0. The molecule has 0 aromatic carbocycles. The molecule has 0 aliphatic heterocycles. The highest BCUT2D eigenvalue weighted by Gasteiger charge is 2.14. The summed E-state index contributed by atoms with van der Waals surface area (Å²) in [6.45, 7) is 9.16. The second-order valence-corrected chi connectivity index (χ2v) is 4.51. The van der Waals surface area contributed by atoms with Crippen molar-refractivity contribution in [2.45, 2.75) is 59.8 Å². The average molecular weight is 183 g/mol. The monoisotopic (exact) mass is 183 g/mol. The fourth-order valence-electron chi connectivity index (χ4n) is 1.39. The third-order valence-electron chi connectivity index (χ3n) is 3.00. The molecule has 0 aromatic rings. The van der Waals surface area contributed by atoms with Crippen molar-refractivity contribution in [3.05, 3.63) is 0 Å². The topological polar surface area (TPSA) is 12.4 Å². The maximum Gasteiger partial charge on any atom is 0.0276 e. The summed E-state index contributed by atoms with van der Waals surface area (Å²) >= 11 is 0. The van der Waals surface area contributed by atoms with E-state index in [-0.39, 0.29) is 0 Å². The summed E-state index contributed by atoms with van der Waals surface area (Å²) < 4.78 is 0. The third-order valence-corrected chi connectivity index (χ3v) is 3.00. The summed E-state index contributed by atoms with van der Waals surface area (Å²) in [4.78, 5) is 4.27. The molecule has 0 bridgehead atoms. The Morgan fingerprint density at radius 2 is 1.85 bits per heavy atom. The molecule has 0 unspecified atom stereocenters. The van der Waals surface area contributed by atoms with Crippen molar-refractivity contribution in [2.24, 2.45) is 10.4 Å². The van der Waals surface area contributed by atoms with Crippen LogP contribution in [0.4, 0.5) is 0 Å². The molecule has 0 saturated carbocycles. The van der Waals surface area contributed by atoms with Gasteiger partial charge in [-0.25, -0.2) is 0 Å². The Morgan fingerprint density at radius 1 is 1.23 bits per heavy atom. The van der Waals surface area contributed by atoms with Gasteiger partial charge in [0.05, 0.1) is 0 Å². The van der Waals surface area contributed by atoms with Crippen molar-refractivity contribution in [1.82, 2.24) is 0 Å². The van der Waals surface area contributed by atoms with Crippen LogP contribution in [0.3, 0.4) is 0 Å². The Kier molecular flexibility index (Phi) is 6.02. The van der Waals surface area contributed by atoms with Crippen LogP contribution in [-0.4, -0.2) is 12.8 Å². The molecule has 0 spiro atoms. The van der Waals surface area contributed by atoms with Crippen molar-refractivity contribution < 1.29 is 0 Å². The van der Waals surface area contributed by atoms with Crippen molar-refractivity contribution in [1.29, 1.82) is 0 Å². The second kappa shape index (κ2) is 6.17. The van der Waals surface area contributed by atoms with Gasteiger partial charge in [0.1, 0.15) is 0 Å². The van der Waals surface area contributed by atoms with Gasteiger partial charge in [-0.1, -0.05) is 34.1 Å². The van der Waals surface area contributed by atoms with E-state index in [4.69, 9.17) is 0 Å². The Bertz CT molecular complexity index is 157. The molecule has 0 aliphatic carbocycles. The summed E-state index contributed by atoms with van der Waals surface area (Å²) in [5.41, 5.74) is 1.89. The predicted octanol–water partition coefficient (Wildman–Crippen LogP) is 4.07. The van der Waals surface area contributed by atoms with E-state index in [0.717, 1.165) is 6.42 Å². The van der Waals surface area contributed by atoms with Crippen LogP contribution in [0, 0.1) is 5.41 Å². The molecule has 0 atom stereocenters. The lowest BCUT2D eigenvalue weighted by atomic mass is 9.84. The smallest absolute Gasteiger partial charge is 0.0276 e. The van der Waals surface area contributed by atoms with Gasteiger partial charge in [0.15, 0.2) is 0 Å². The molecule has 0 heterocycles. The minimum Gasteiger partial charge on any atom is -0.297 e. The molecule has 78 valence electrons. The van der Waals surface area contributed by atoms with E-state index in [2.05, 4.69) is 32.7 Å². The lowest BCUT2D eigenvalue weighted by Gasteiger charge is -2.22. The third kappa shape index (κ3) is 5.84. The lowest BCUT2D eigenvalue weighted by molar-refractivity contribution is 0.315. The Morgan fingerprint density at radius 3 is 2.23 bits per heavy atom. The van der Waals surface area contributed by atoms with Crippen molar-refractivity contribution in [3.63, 3.8) is 0 Å². The van der Waals surface area contributed by atoms with E-state index in [9.17, 15) is 0 Å². The molecule has 0 fully saturated rings. The quantitative estimate of drug-likeness (QED) is 0.550. The Balaban J connectivity index is 3.67. The molecule has 0 rings (SSSR count). The summed E-state index contributed by atoms with van der Waals surface area (Å²) in [7, 11) is 1.91. The minimum absolute atomic E-state index is 0.520. The van der Waals surface area contributed by atoms with Crippen molar-refractivity contribution in [2.75, 3.05) is 7.05 Å². The first-order valence-corrected chi connectivity index (χ1v) is 5.50. The molecule has 0 saturated heterocycles. The van der Waals surface area contributed by atoms with Gasteiger partial charge >= 0.3 is 0 Å². The van der Waals surface area contributed by atoms with E-state index >= 15 is 0 Å². The molecular weight excluding hydrogens is 158 g/mol. The van der Waals surface area contributed by atoms with Crippen LogP contribution in [0.5, 0.6) is 0 Å². The number of nitrogens with zero attached hydrogens (tertiary/aromatic N) is 1. The number of hydrogen-bond acceptors (Lipinski definition) is 1. The minimum atomic E-state index is 0.520. The van der Waals surface area contributed by atoms with E-state index in [1.165, 1.54) is 31.4 Å². The van der Waals surface area contributed by atoms with E-state index in [0.29, 0.717) is 5.41 Å². The van der Waals surface area contributed by atoms with Gasteiger partial charge in [0, 0.05) is 12.8 Å². The number of rotatable bonds is 6. The first-order valence-electron chi connectivity index (χ1n) is 5.50. The van der Waals surface area contributed by atoms with Gasteiger partial charge < -0.3 is 0 Å². The summed E-state index contributed by atoms with van der Waals surface area (Å²) in [5.74, 6) is 0. The second-order valence-electron chi connectivity index (χ2n) is 4.51. The van der Waals surface area contributed by atoms with Crippen LogP contribution in [-0.2, 0) is 0 Å². The molecule has 0 aromatic heterocycles. The van der Waals surface area contributed by atoms with Gasteiger partial charge in [-0.15, -0.1) is 0 Å². The zero-order chi connectivity index (χ0) is 10.3. The molecular formula is C12H25N. The van der Waals surface area contributed by atoms with Crippen molar-refractivity contribution >= 4 is 5.71 Å². The van der Waals surface area contributed by atoms with Crippen LogP contribution >= 0.6 is 0 Å². The molecule has 0 radical (unpaired) electrons. The van der Waals surface area contributed by atoms with E-state index in [1.807, 2.05) is 7.05 Å². The Labute approximate surface area is 83.6 Å². The van der Waals surface area contributed by atoms with Crippen LogP contribution in [0.15, 0.2) is 4.99 Å². The molecule has 0 aliphatic rings. The molecule has 1 nitrogen and oxygen atoms in total. The number of aliphatic imine (C=N–C) groups is 1. The average Bonchev–Trinajstić information content (AvgIpc) is 2.12. The van der Waals surface area contributed by atoms with Crippen LogP contribution in [0.1, 0.15) is 59.8 Å². The normalized spacial score (nSPS) is 13.5. The zero-order valence-electron chi connectivity index (χ0n) is 9.98. The summed E-state index contributed by atoms with van der Waals surface area (Å²) in [6.07, 6.45) is 6.20. The highest BCUT2D eigenvalue weighted by molar-refractivity contribution is 5.83. The summed E-state index contributed by atoms with van der Waals surface area (Å²) in [6, 6.07) is 0. The summed E-state index contributed by atoms with van der Waals surface area (Å²) in [5, 5.41) is 0. The first kappa shape index (κ1) is 12.7. The maximum atomic E-state index is 4.27. The fourth-order valence-corrected chi connectivity index (χ4v) is 1.39. The van der Waals surface area contributed by atoms with E-state index in [1.54, 1.807) is 0 Å². The lowest BCUT2D eigenvalue weighted by Crippen LogP contribution is -2.10. The molecule has 0 amide bonds. The SMILES string of the molecule is CCC(CCCC(C)(C)CC)=NC. The van der Waals surface area contributed by atoms with Crippen molar-refractivity contribution in [3.8, 4) is 0 Å². The predicted molar refractivity (Wildman–Crippen MR) is 61.6 cm³/mol. The van der Waals surface area contributed by atoms with Crippen LogP contribution in [0.25, 0.3) is 0 Å². The van der Waals surface area contributed by atoms with Crippen LogP contribution < -0.4 is 0 Å². The molecule has 13 heavy (non-hydrogen) atoms. The highest BCUT2D eigenvalue weighted by Crippen LogP contribution is 2.26. The van der Waals surface area contributed by atoms with Gasteiger partial charge in [0.2, 0.25) is 0 Å². The van der Waals surface area contributed by atoms with Gasteiger partial charge in [-0.05, 0) is 31.1 Å². The molecule has 0 N–H and O–H groups in total. The zero-order valence-corrected chi connectivity index (χ0v) is 9.98. The van der Waals surface area contributed by atoms with E-state index < -0.39 is 0 Å². The fraction of sp³-hybridized carbons (Fsp3) is 0.917.